The molecule has 3 aromatic rings. The molecule has 0 saturated carbocycles. The van der Waals surface area contributed by atoms with Crippen molar-refractivity contribution in [3.05, 3.63) is 53.7 Å². The van der Waals surface area contributed by atoms with E-state index in [9.17, 15) is 0 Å². The molecule has 0 fully saturated rings. The summed E-state index contributed by atoms with van der Waals surface area (Å²) in [4.78, 5) is 0. The van der Waals surface area contributed by atoms with Crippen molar-refractivity contribution in [2.24, 2.45) is 5.92 Å². The summed E-state index contributed by atoms with van der Waals surface area (Å²) in [6, 6.07) is 13.4. The smallest absolute Gasteiger partial charge is 0.146 e. The molecule has 0 spiro atoms. The van der Waals surface area contributed by atoms with Gasteiger partial charge in [-0.15, -0.1) is 0 Å². The number of benzene rings is 2. The van der Waals surface area contributed by atoms with Gasteiger partial charge in [0.05, 0.1) is 10.5 Å². The molecule has 1 heterocycles. The van der Waals surface area contributed by atoms with Crippen molar-refractivity contribution in [2.75, 3.05) is 5.73 Å². The highest BCUT2D eigenvalue weighted by atomic mass is 35.5. The number of nitrogens with zero attached hydrogens (tertiary/aromatic N) is 1. The van der Waals surface area contributed by atoms with E-state index in [4.69, 9.17) is 22.1 Å². The first-order valence-electron chi connectivity index (χ1n) is 7.35. The second-order valence-electron chi connectivity index (χ2n) is 5.84. The second-order valence-corrected chi connectivity index (χ2v) is 6.25. The van der Waals surface area contributed by atoms with Gasteiger partial charge < -0.3 is 15.0 Å². The molecule has 1 aromatic heterocycles. The number of anilines is 1. The summed E-state index contributed by atoms with van der Waals surface area (Å²) in [5.41, 5.74) is 7.51. The molecule has 4 heteroatoms. The van der Waals surface area contributed by atoms with E-state index in [1.54, 1.807) is 18.2 Å². The van der Waals surface area contributed by atoms with Gasteiger partial charge in [-0.1, -0.05) is 31.5 Å². The minimum Gasteiger partial charge on any atom is -0.455 e. The Balaban J connectivity index is 1.99. The number of fused-ring (bicyclic) bond motifs is 1. The Bertz CT molecular complexity index is 808. The predicted molar refractivity (Wildman–Crippen MR) is 92.7 cm³/mol. The van der Waals surface area contributed by atoms with E-state index >= 15 is 0 Å². The molecule has 3 rings (SSSR count). The van der Waals surface area contributed by atoms with Crippen LogP contribution in [-0.4, -0.2) is 4.57 Å². The molecular formula is C18H19ClN2O. The molecule has 0 aliphatic heterocycles. The van der Waals surface area contributed by atoms with Gasteiger partial charge in [0.2, 0.25) is 0 Å². The number of halogens is 1. The standard InChI is InChI=1S/C18H19ClN2O/c1-12(2)11-21-9-8-14-16(21)4-3-5-17(14)22-18-7-6-13(20)10-15(18)19/h3-10,12H,11,20H2,1-2H3. The third kappa shape index (κ3) is 2.90. The Kier molecular flexibility index (Phi) is 3.99. The average Bonchev–Trinajstić information content (AvgIpc) is 2.85. The molecule has 22 heavy (non-hydrogen) atoms. The molecule has 0 aliphatic rings. The number of hydrogen-bond acceptors (Lipinski definition) is 2. The van der Waals surface area contributed by atoms with Gasteiger partial charge in [-0.2, -0.15) is 0 Å². The molecule has 0 unspecified atom stereocenters. The summed E-state index contributed by atoms with van der Waals surface area (Å²) >= 11 is 6.19. The molecule has 2 N–H and O–H groups in total. The van der Waals surface area contributed by atoms with Gasteiger partial charge in [0, 0.05) is 23.8 Å². The van der Waals surface area contributed by atoms with Crippen LogP contribution in [0.4, 0.5) is 5.69 Å². The Morgan fingerprint density at radius 1 is 1.14 bits per heavy atom. The van der Waals surface area contributed by atoms with Crippen LogP contribution in [0.1, 0.15) is 13.8 Å². The summed E-state index contributed by atoms with van der Waals surface area (Å²) in [5, 5.41) is 1.59. The summed E-state index contributed by atoms with van der Waals surface area (Å²) < 4.78 is 8.24. The number of hydrogen-bond donors (Lipinski definition) is 1. The highest BCUT2D eigenvalue weighted by Gasteiger charge is 2.10. The zero-order chi connectivity index (χ0) is 15.7. The van der Waals surface area contributed by atoms with Gasteiger partial charge in [-0.3, -0.25) is 0 Å². The topological polar surface area (TPSA) is 40.2 Å². The van der Waals surface area contributed by atoms with Crippen molar-refractivity contribution in [3.8, 4) is 11.5 Å². The fourth-order valence-corrected chi connectivity index (χ4v) is 2.78. The van der Waals surface area contributed by atoms with Crippen LogP contribution >= 0.6 is 11.6 Å². The number of aromatic nitrogens is 1. The van der Waals surface area contributed by atoms with E-state index in [-0.39, 0.29) is 0 Å². The normalized spacial score (nSPS) is 11.3. The van der Waals surface area contributed by atoms with Crippen molar-refractivity contribution in [3.63, 3.8) is 0 Å². The molecule has 0 bridgehead atoms. The fourth-order valence-electron chi connectivity index (χ4n) is 2.56. The molecule has 0 saturated heterocycles. The molecule has 0 aliphatic carbocycles. The molecule has 0 atom stereocenters. The summed E-state index contributed by atoms with van der Waals surface area (Å²) in [7, 11) is 0. The molecular weight excluding hydrogens is 296 g/mol. The summed E-state index contributed by atoms with van der Waals surface area (Å²) in [5.74, 6) is 2.00. The van der Waals surface area contributed by atoms with E-state index in [2.05, 4.69) is 36.7 Å². The average molecular weight is 315 g/mol. The van der Waals surface area contributed by atoms with Gasteiger partial charge in [0.1, 0.15) is 11.5 Å². The van der Waals surface area contributed by atoms with Crippen LogP contribution in [0.25, 0.3) is 10.9 Å². The lowest BCUT2D eigenvalue weighted by atomic mass is 10.2. The zero-order valence-corrected chi connectivity index (χ0v) is 13.5. The van der Waals surface area contributed by atoms with Crippen molar-refractivity contribution in [2.45, 2.75) is 20.4 Å². The first kappa shape index (κ1) is 14.8. The SMILES string of the molecule is CC(C)Cn1ccc2c(Oc3ccc(N)cc3Cl)cccc21. The lowest BCUT2D eigenvalue weighted by Crippen LogP contribution is -2.02. The highest BCUT2D eigenvalue weighted by Crippen LogP contribution is 2.35. The monoisotopic (exact) mass is 314 g/mol. The lowest BCUT2D eigenvalue weighted by molar-refractivity contribution is 0.488. The zero-order valence-electron chi connectivity index (χ0n) is 12.7. The van der Waals surface area contributed by atoms with Crippen molar-refractivity contribution in [1.29, 1.82) is 0 Å². The lowest BCUT2D eigenvalue weighted by Gasteiger charge is -2.11. The Labute approximate surface area is 135 Å². The molecule has 0 amide bonds. The predicted octanol–water partition coefficient (Wildman–Crippen LogP) is 5.33. The minimum absolute atomic E-state index is 0.513. The van der Waals surface area contributed by atoms with E-state index in [1.165, 1.54) is 0 Å². The first-order chi connectivity index (χ1) is 10.5. The van der Waals surface area contributed by atoms with Crippen LogP contribution in [-0.2, 0) is 6.54 Å². The van der Waals surface area contributed by atoms with Crippen molar-refractivity contribution in [1.82, 2.24) is 4.57 Å². The molecule has 114 valence electrons. The number of nitrogens with two attached hydrogens (primary N) is 1. The molecule has 0 radical (unpaired) electrons. The second kappa shape index (κ2) is 5.93. The minimum atomic E-state index is 0.513. The van der Waals surface area contributed by atoms with Crippen LogP contribution in [0.5, 0.6) is 11.5 Å². The van der Waals surface area contributed by atoms with E-state index in [0.29, 0.717) is 22.4 Å². The van der Waals surface area contributed by atoms with Gasteiger partial charge >= 0.3 is 0 Å². The maximum Gasteiger partial charge on any atom is 0.146 e. The fraction of sp³-hybridized carbons (Fsp3) is 0.222. The van der Waals surface area contributed by atoms with Gasteiger partial charge in [0.15, 0.2) is 0 Å². The van der Waals surface area contributed by atoms with Gasteiger partial charge in [-0.25, -0.2) is 0 Å². The van der Waals surface area contributed by atoms with Crippen molar-refractivity contribution < 1.29 is 4.74 Å². The van der Waals surface area contributed by atoms with Crippen LogP contribution < -0.4 is 10.5 Å². The Hall–Kier alpha value is -2.13. The van der Waals surface area contributed by atoms with E-state index in [1.807, 2.05) is 12.1 Å². The van der Waals surface area contributed by atoms with Crippen molar-refractivity contribution >= 4 is 28.2 Å². The Morgan fingerprint density at radius 2 is 1.95 bits per heavy atom. The van der Waals surface area contributed by atoms with Crippen LogP contribution in [0.15, 0.2) is 48.7 Å². The van der Waals surface area contributed by atoms with E-state index in [0.717, 1.165) is 23.2 Å². The maximum atomic E-state index is 6.19. The Morgan fingerprint density at radius 3 is 2.68 bits per heavy atom. The molecule has 3 nitrogen and oxygen atoms in total. The maximum absolute atomic E-state index is 6.19. The highest BCUT2D eigenvalue weighted by molar-refractivity contribution is 6.32. The molecule has 2 aromatic carbocycles. The quantitative estimate of drug-likeness (QED) is 0.661. The van der Waals surface area contributed by atoms with Crippen LogP contribution in [0.3, 0.4) is 0 Å². The summed E-state index contributed by atoms with van der Waals surface area (Å²) in [6.07, 6.45) is 2.10. The van der Waals surface area contributed by atoms with Gasteiger partial charge in [-0.05, 0) is 42.3 Å². The van der Waals surface area contributed by atoms with Gasteiger partial charge in [0.25, 0.3) is 0 Å². The van der Waals surface area contributed by atoms with E-state index < -0.39 is 0 Å². The number of nitrogen functional groups attached to an aromatic ring is 1. The third-order valence-electron chi connectivity index (χ3n) is 3.51. The van der Waals surface area contributed by atoms with Crippen LogP contribution in [0.2, 0.25) is 5.02 Å². The first-order valence-corrected chi connectivity index (χ1v) is 7.73. The summed E-state index contributed by atoms with van der Waals surface area (Å²) in [6.45, 7) is 5.40. The number of ether oxygens (including phenoxy) is 1. The third-order valence-corrected chi connectivity index (χ3v) is 3.81. The number of rotatable bonds is 4. The largest absolute Gasteiger partial charge is 0.455 e. The van der Waals surface area contributed by atoms with Crippen LogP contribution in [0, 0.1) is 5.92 Å².